The Morgan fingerprint density at radius 3 is 2.19 bits per heavy atom. The van der Waals surface area contributed by atoms with Crippen LogP contribution in [0.5, 0.6) is 0 Å². The van der Waals surface area contributed by atoms with E-state index in [-0.39, 0.29) is 16.8 Å². The van der Waals surface area contributed by atoms with Crippen molar-refractivity contribution in [3.8, 4) is 0 Å². The van der Waals surface area contributed by atoms with Gasteiger partial charge in [0.2, 0.25) is 15.9 Å². The maximum atomic E-state index is 12.5. The molecular formula is C19H26F3N3O5S. The summed E-state index contributed by atoms with van der Waals surface area (Å²) in [6.45, 7) is 3.57. The molecule has 174 valence electrons. The van der Waals surface area contributed by atoms with Crippen LogP contribution in [0, 0.1) is 5.41 Å². The maximum absolute atomic E-state index is 12.5. The first-order valence-electron chi connectivity index (χ1n) is 9.68. The number of carboxylic acid groups (broad SMARTS) is 1. The molecule has 31 heavy (non-hydrogen) atoms. The molecule has 0 bridgehead atoms. The van der Waals surface area contributed by atoms with Crippen LogP contribution in [-0.2, 0) is 19.6 Å². The summed E-state index contributed by atoms with van der Waals surface area (Å²) in [6.07, 6.45) is -1.40. The third kappa shape index (κ3) is 6.65. The molecule has 0 spiro atoms. The average Bonchev–Trinajstić information content (AvgIpc) is 3.53. The van der Waals surface area contributed by atoms with Crippen LogP contribution < -0.4 is 10.6 Å². The smallest absolute Gasteiger partial charge is 0.475 e. The van der Waals surface area contributed by atoms with Gasteiger partial charge in [0.15, 0.2) is 0 Å². The van der Waals surface area contributed by atoms with Crippen LogP contribution >= 0.6 is 0 Å². The van der Waals surface area contributed by atoms with Crippen molar-refractivity contribution in [2.45, 2.75) is 49.7 Å². The first-order valence-corrected chi connectivity index (χ1v) is 11.1. The predicted octanol–water partition coefficient (Wildman–Crippen LogP) is 2.43. The number of anilines is 1. The van der Waals surface area contributed by atoms with E-state index in [0.29, 0.717) is 12.2 Å². The van der Waals surface area contributed by atoms with E-state index >= 15 is 0 Å². The summed E-state index contributed by atoms with van der Waals surface area (Å²) in [5.74, 6) is -2.78. The lowest BCUT2D eigenvalue weighted by atomic mass is 9.82. The number of halogens is 3. The number of carboxylic acids is 1. The Labute approximate surface area is 178 Å². The Balaban J connectivity index is 0.000000423. The number of benzene rings is 1. The number of aliphatic carboxylic acids is 1. The fourth-order valence-electron chi connectivity index (χ4n) is 3.04. The largest absolute Gasteiger partial charge is 0.490 e. The van der Waals surface area contributed by atoms with Crippen molar-refractivity contribution in [2.24, 2.45) is 5.41 Å². The molecule has 1 saturated carbocycles. The molecule has 1 unspecified atom stereocenters. The van der Waals surface area contributed by atoms with Crippen LogP contribution in [0.1, 0.15) is 32.6 Å². The molecule has 3 rings (SSSR count). The van der Waals surface area contributed by atoms with E-state index in [9.17, 15) is 26.4 Å². The molecule has 12 heteroatoms. The van der Waals surface area contributed by atoms with Gasteiger partial charge in [-0.3, -0.25) is 4.79 Å². The van der Waals surface area contributed by atoms with E-state index in [2.05, 4.69) is 10.6 Å². The second kappa shape index (κ2) is 9.53. The fourth-order valence-corrected chi connectivity index (χ4v) is 4.46. The van der Waals surface area contributed by atoms with Crippen LogP contribution in [0.15, 0.2) is 29.2 Å². The third-order valence-electron chi connectivity index (χ3n) is 5.24. The van der Waals surface area contributed by atoms with Gasteiger partial charge >= 0.3 is 12.1 Å². The van der Waals surface area contributed by atoms with Crippen molar-refractivity contribution >= 4 is 27.6 Å². The number of alkyl halides is 3. The van der Waals surface area contributed by atoms with Crippen LogP contribution in [0.25, 0.3) is 0 Å². The van der Waals surface area contributed by atoms with Gasteiger partial charge in [0.25, 0.3) is 0 Å². The number of nitrogens with one attached hydrogen (secondary N) is 2. The molecule has 1 saturated heterocycles. The third-order valence-corrected chi connectivity index (χ3v) is 7.16. The van der Waals surface area contributed by atoms with E-state index in [0.717, 1.165) is 32.2 Å². The highest BCUT2D eigenvalue weighted by molar-refractivity contribution is 7.89. The molecule has 1 atom stereocenters. The van der Waals surface area contributed by atoms with Gasteiger partial charge in [-0.25, -0.2) is 13.2 Å². The Morgan fingerprint density at radius 2 is 1.77 bits per heavy atom. The van der Waals surface area contributed by atoms with Crippen molar-refractivity contribution in [2.75, 3.05) is 25.5 Å². The number of carbonyl (C=O) groups excluding carboxylic acids is 1. The molecule has 1 aliphatic heterocycles. The minimum Gasteiger partial charge on any atom is -0.475 e. The Kier molecular flexibility index (Phi) is 7.71. The molecule has 8 nitrogen and oxygen atoms in total. The maximum Gasteiger partial charge on any atom is 0.490 e. The van der Waals surface area contributed by atoms with E-state index in [4.69, 9.17) is 9.90 Å². The fraction of sp³-hybridized carbons (Fsp3) is 0.579. The van der Waals surface area contributed by atoms with E-state index in [1.54, 1.807) is 31.3 Å². The Hall–Kier alpha value is -2.18. The highest BCUT2D eigenvalue weighted by Crippen LogP contribution is 2.31. The summed E-state index contributed by atoms with van der Waals surface area (Å²) in [6, 6.07) is 6.57. The molecule has 1 aromatic carbocycles. The molecule has 1 heterocycles. The zero-order chi connectivity index (χ0) is 23.4. The van der Waals surface area contributed by atoms with Crippen molar-refractivity contribution in [1.29, 1.82) is 0 Å². The topological polar surface area (TPSA) is 116 Å². The zero-order valence-electron chi connectivity index (χ0n) is 17.2. The van der Waals surface area contributed by atoms with Gasteiger partial charge in [-0.2, -0.15) is 17.5 Å². The summed E-state index contributed by atoms with van der Waals surface area (Å²) >= 11 is 0. The van der Waals surface area contributed by atoms with Crippen LogP contribution in [0.2, 0.25) is 0 Å². The molecule has 1 aromatic rings. The number of amides is 1. The minimum absolute atomic E-state index is 0.0274. The number of piperidine rings is 1. The van der Waals surface area contributed by atoms with E-state index < -0.39 is 27.6 Å². The summed E-state index contributed by atoms with van der Waals surface area (Å²) < 4.78 is 58.1. The number of hydrogen-bond donors (Lipinski definition) is 3. The summed E-state index contributed by atoms with van der Waals surface area (Å²) in [5, 5.41) is 13.3. The molecular weight excluding hydrogens is 439 g/mol. The van der Waals surface area contributed by atoms with Crippen LogP contribution in [0.3, 0.4) is 0 Å². The quantitative estimate of drug-likeness (QED) is 0.615. The summed E-state index contributed by atoms with van der Waals surface area (Å²) in [5.41, 5.74) is 0.203. The van der Waals surface area contributed by atoms with Gasteiger partial charge in [0.05, 0.1) is 10.3 Å². The molecule has 2 aliphatic rings. The van der Waals surface area contributed by atoms with Gasteiger partial charge in [0.1, 0.15) is 0 Å². The molecule has 1 aliphatic carbocycles. The zero-order valence-corrected chi connectivity index (χ0v) is 18.0. The number of rotatable bonds is 5. The monoisotopic (exact) mass is 465 g/mol. The Morgan fingerprint density at radius 1 is 1.23 bits per heavy atom. The number of hydrogen-bond acceptors (Lipinski definition) is 5. The van der Waals surface area contributed by atoms with Gasteiger partial charge in [-0.15, -0.1) is 0 Å². The molecule has 1 amide bonds. The SMILES string of the molecule is CN(C1CC1)S(=O)(=O)c1ccc(NC(=O)C2(C)CCCNC2)cc1.O=C(O)C(F)(F)F. The number of carbonyl (C=O) groups is 2. The van der Waals surface area contributed by atoms with Crippen molar-refractivity contribution in [1.82, 2.24) is 9.62 Å². The molecule has 3 N–H and O–H groups in total. The first kappa shape index (κ1) is 25.1. The Bertz CT molecular complexity index is 893. The second-order valence-electron chi connectivity index (χ2n) is 7.87. The summed E-state index contributed by atoms with van der Waals surface area (Å²) in [4.78, 5) is 21.7. The average molecular weight is 465 g/mol. The highest BCUT2D eigenvalue weighted by atomic mass is 32.2. The summed E-state index contributed by atoms with van der Waals surface area (Å²) in [7, 11) is -1.82. The predicted molar refractivity (Wildman–Crippen MR) is 107 cm³/mol. The number of sulfonamides is 1. The lowest BCUT2D eigenvalue weighted by Gasteiger charge is -2.32. The number of nitrogens with zero attached hydrogens (tertiary/aromatic N) is 1. The normalized spacial score (nSPS) is 21.7. The van der Waals surface area contributed by atoms with Gasteiger partial charge < -0.3 is 15.7 Å². The highest BCUT2D eigenvalue weighted by Gasteiger charge is 2.38. The van der Waals surface area contributed by atoms with Crippen molar-refractivity contribution in [3.63, 3.8) is 0 Å². The molecule has 0 radical (unpaired) electrons. The van der Waals surface area contributed by atoms with Crippen molar-refractivity contribution in [3.05, 3.63) is 24.3 Å². The second-order valence-corrected chi connectivity index (χ2v) is 9.87. The molecule has 2 fully saturated rings. The van der Waals surface area contributed by atoms with E-state index in [1.165, 1.54) is 4.31 Å². The van der Waals surface area contributed by atoms with E-state index in [1.807, 2.05) is 6.92 Å². The van der Waals surface area contributed by atoms with Gasteiger partial charge in [-0.1, -0.05) is 0 Å². The van der Waals surface area contributed by atoms with Crippen LogP contribution in [0.4, 0.5) is 18.9 Å². The van der Waals surface area contributed by atoms with Gasteiger partial charge in [-0.05, 0) is 63.4 Å². The van der Waals surface area contributed by atoms with Crippen LogP contribution in [-0.4, -0.2) is 62.1 Å². The van der Waals surface area contributed by atoms with Crippen molar-refractivity contribution < 1.29 is 36.3 Å². The standard InChI is InChI=1S/C17H25N3O3S.C2HF3O2/c1-17(10-3-11-18-12-17)16(21)19-13-4-8-15(9-5-13)24(22,23)20(2)14-6-7-14;3-2(4,5)1(6)7/h4-5,8-9,14,18H,3,6-7,10-12H2,1-2H3,(H,19,21);(H,6,7). The first-order chi connectivity index (χ1) is 14.3. The molecule has 0 aromatic heterocycles. The lowest BCUT2D eigenvalue weighted by Crippen LogP contribution is -2.46. The lowest BCUT2D eigenvalue weighted by molar-refractivity contribution is -0.192. The minimum atomic E-state index is -5.08. The van der Waals surface area contributed by atoms with Gasteiger partial charge in [0, 0.05) is 25.3 Å².